The molecule has 0 spiro atoms. The van der Waals surface area contributed by atoms with Crippen LogP contribution >= 0.6 is 35.0 Å². The van der Waals surface area contributed by atoms with E-state index in [1.54, 1.807) is 31.2 Å². The van der Waals surface area contributed by atoms with E-state index in [0.29, 0.717) is 15.9 Å². The van der Waals surface area contributed by atoms with E-state index >= 15 is 0 Å². The van der Waals surface area contributed by atoms with Crippen molar-refractivity contribution in [1.82, 2.24) is 14.5 Å². The summed E-state index contributed by atoms with van der Waals surface area (Å²) in [5.74, 6) is -0.856. The number of thioether (sulfide) groups is 1. The highest BCUT2D eigenvalue weighted by molar-refractivity contribution is 8.00. The monoisotopic (exact) mass is 466 g/mol. The number of halogens is 2. The quantitative estimate of drug-likeness (QED) is 0.337. The number of carbonyl (C=O) groups is 2. The van der Waals surface area contributed by atoms with Crippen LogP contribution < -0.4 is 10.9 Å². The second kappa shape index (κ2) is 9.46. The molecule has 2 heterocycles. The van der Waals surface area contributed by atoms with Gasteiger partial charge in [-0.05, 0) is 25.1 Å². The second-order valence-corrected chi connectivity index (χ2v) is 8.26. The largest absolute Gasteiger partial charge is 0.468 e. The number of benzene rings is 1. The number of hydrogen-bond acceptors (Lipinski definition) is 7. The zero-order chi connectivity index (χ0) is 21.8. The number of fused-ring (bicyclic) bond motifs is 1. The van der Waals surface area contributed by atoms with Crippen LogP contribution in [0.5, 0.6) is 0 Å². The van der Waals surface area contributed by atoms with E-state index in [0.717, 1.165) is 11.8 Å². The van der Waals surface area contributed by atoms with Crippen LogP contribution in [0.15, 0.2) is 46.5 Å². The second-order valence-electron chi connectivity index (χ2n) is 6.11. The van der Waals surface area contributed by atoms with E-state index in [1.165, 1.54) is 23.9 Å². The van der Waals surface area contributed by atoms with E-state index in [1.807, 2.05) is 0 Å². The number of aromatic nitrogens is 3. The molecule has 2 aromatic heterocycles. The number of esters is 1. The number of carbonyl (C=O) groups excluding carboxylic acids is 2. The summed E-state index contributed by atoms with van der Waals surface area (Å²) in [6, 6.07) is 8.23. The van der Waals surface area contributed by atoms with Crippen molar-refractivity contribution in [1.29, 1.82) is 0 Å². The first kappa shape index (κ1) is 22.1. The fourth-order valence-corrected chi connectivity index (χ4v) is 3.84. The van der Waals surface area contributed by atoms with Crippen molar-refractivity contribution in [3.63, 3.8) is 0 Å². The van der Waals surface area contributed by atoms with Gasteiger partial charge in [-0.15, -0.1) is 0 Å². The van der Waals surface area contributed by atoms with Crippen molar-refractivity contribution >= 4 is 63.6 Å². The lowest BCUT2D eigenvalue weighted by molar-refractivity contribution is -0.141. The van der Waals surface area contributed by atoms with Gasteiger partial charge in [0.25, 0.3) is 5.56 Å². The molecule has 0 bridgehead atoms. The van der Waals surface area contributed by atoms with Crippen molar-refractivity contribution in [2.24, 2.45) is 0 Å². The molecule has 30 heavy (non-hydrogen) atoms. The van der Waals surface area contributed by atoms with Gasteiger partial charge in [0.05, 0.1) is 33.3 Å². The van der Waals surface area contributed by atoms with Gasteiger partial charge in [-0.25, -0.2) is 9.97 Å². The lowest BCUT2D eigenvalue weighted by atomic mass is 10.2. The molecule has 8 nitrogen and oxygen atoms in total. The zero-order valence-corrected chi connectivity index (χ0v) is 18.2. The van der Waals surface area contributed by atoms with E-state index in [9.17, 15) is 14.4 Å². The molecule has 0 saturated heterocycles. The minimum Gasteiger partial charge on any atom is -0.468 e. The summed E-state index contributed by atoms with van der Waals surface area (Å²) in [5, 5.41) is 3.03. The number of hydrogen-bond donors (Lipinski definition) is 1. The number of para-hydroxylation sites is 1. The van der Waals surface area contributed by atoms with E-state index < -0.39 is 22.7 Å². The van der Waals surface area contributed by atoms with Crippen LogP contribution in [-0.4, -0.2) is 38.8 Å². The Hall–Kier alpha value is -2.62. The Bertz CT molecular complexity index is 1180. The van der Waals surface area contributed by atoms with Crippen LogP contribution in [0.1, 0.15) is 6.92 Å². The zero-order valence-electron chi connectivity index (χ0n) is 15.9. The van der Waals surface area contributed by atoms with Crippen molar-refractivity contribution in [2.75, 3.05) is 12.4 Å². The first-order chi connectivity index (χ1) is 14.3. The highest BCUT2D eigenvalue weighted by Gasteiger charge is 2.22. The molecule has 0 saturated carbocycles. The Morgan fingerprint density at radius 1 is 1.30 bits per heavy atom. The lowest BCUT2D eigenvalue weighted by Gasteiger charge is -2.16. The molecule has 0 aliphatic heterocycles. The first-order valence-electron chi connectivity index (χ1n) is 8.65. The molecule has 0 aliphatic carbocycles. The Morgan fingerprint density at radius 3 is 2.73 bits per heavy atom. The third kappa shape index (κ3) is 4.92. The molecule has 1 unspecified atom stereocenters. The van der Waals surface area contributed by atoms with Crippen LogP contribution in [0.25, 0.3) is 10.9 Å². The highest BCUT2D eigenvalue weighted by Crippen LogP contribution is 2.26. The number of amides is 1. The van der Waals surface area contributed by atoms with Crippen molar-refractivity contribution in [2.45, 2.75) is 23.9 Å². The predicted octanol–water partition coefficient (Wildman–Crippen LogP) is 3.39. The molecule has 1 aromatic carbocycles. The summed E-state index contributed by atoms with van der Waals surface area (Å²) >= 11 is 12.9. The lowest BCUT2D eigenvalue weighted by Crippen LogP contribution is -2.29. The summed E-state index contributed by atoms with van der Waals surface area (Å²) in [6.07, 6.45) is 1.36. The van der Waals surface area contributed by atoms with Gasteiger partial charge < -0.3 is 10.1 Å². The van der Waals surface area contributed by atoms with Crippen LogP contribution in [0, 0.1) is 0 Å². The number of ether oxygens (including phenoxy) is 1. The van der Waals surface area contributed by atoms with Crippen LogP contribution in [0.2, 0.25) is 10.0 Å². The number of nitrogens with zero attached hydrogens (tertiary/aromatic N) is 3. The van der Waals surface area contributed by atoms with Gasteiger partial charge in [-0.1, -0.05) is 47.1 Å². The molecular weight excluding hydrogens is 451 g/mol. The number of methoxy groups -OCH3 is 1. The van der Waals surface area contributed by atoms with Crippen molar-refractivity contribution in [3.8, 4) is 0 Å². The Balaban J connectivity index is 1.91. The Labute approximate surface area is 185 Å². The number of pyridine rings is 1. The Kier molecular flexibility index (Phi) is 6.96. The molecule has 156 valence electrons. The highest BCUT2D eigenvalue weighted by atomic mass is 35.5. The van der Waals surface area contributed by atoms with Gasteiger partial charge in [0.2, 0.25) is 5.91 Å². The number of rotatable bonds is 6. The molecular formula is C19H16Cl2N4O4S. The van der Waals surface area contributed by atoms with Gasteiger partial charge >= 0.3 is 5.97 Å². The van der Waals surface area contributed by atoms with E-state index in [4.69, 9.17) is 23.2 Å². The predicted molar refractivity (Wildman–Crippen MR) is 116 cm³/mol. The maximum absolute atomic E-state index is 12.9. The van der Waals surface area contributed by atoms with Gasteiger partial charge in [0, 0.05) is 6.20 Å². The maximum atomic E-state index is 12.9. The van der Waals surface area contributed by atoms with Crippen LogP contribution in [0.4, 0.5) is 5.82 Å². The third-order valence-corrected chi connectivity index (χ3v) is 5.63. The van der Waals surface area contributed by atoms with Gasteiger partial charge in [0.1, 0.15) is 6.54 Å². The molecule has 0 fully saturated rings. The van der Waals surface area contributed by atoms with Gasteiger partial charge in [-0.2, -0.15) is 0 Å². The van der Waals surface area contributed by atoms with Gasteiger partial charge in [0.15, 0.2) is 11.0 Å². The molecule has 11 heteroatoms. The van der Waals surface area contributed by atoms with Gasteiger partial charge in [-0.3, -0.25) is 19.0 Å². The summed E-state index contributed by atoms with van der Waals surface area (Å²) < 4.78 is 5.87. The average molecular weight is 467 g/mol. The summed E-state index contributed by atoms with van der Waals surface area (Å²) in [4.78, 5) is 45.8. The molecule has 0 radical (unpaired) electrons. The van der Waals surface area contributed by atoms with Crippen LogP contribution in [0.3, 0.4) is 0 Å². The molecule has 0 aliphatic rings. The topological polar surface area (TPSA) is 103 Å². The normalized spacial score (nSPS) is 11.9. The number of nitrogens with one attached hydrogen (secondary N) is 1. The minimum atomic E-state index is -0.685. The SMILES string of the molecule is COC(=O)Cn1c(SC(C)C(=O)Nc2ncc(Cl)cc2Cl)nc2ccccc2c1=O. The molecule has 1 amide bonds. The smallest absolute Gasteiger partial charge is 0.325 e. The third-order valence-electron chi connectivity index (χ3n) is 4.04. The maximum Gasteiger partial charge on any atom is 0.325 e. The standard InChI is InChI=1S/C19H16Cl2N4O4S/c1-10(17(27)24-16-13(21)7-11(20)8-22-16)30-19-23-14-6-4-3-5-12(14)18(28)25(19)9-15(26)29-2/h3-8,10H,9H2,1-2H3,(H,22,24,27). The first-order valence-corrected chi connectivity index (χ1v) is 10.3. The average Bonchev–Trinajstić information content (AvgIpc) is 2.72. The van der Waals surface area contributed by atoms with Crippen molar-refractivity contribution < 1.29 is 14.3 Å². The summed E-state index contributed by atoms with van der Waals surface area (Å²) in [7, 11) is 1.23. The van der Waals surface area contributed by atoms with Crippen molar-refractivity contribution in [3.05, 3.63) is 56.9 Å². The fourth-order valence-electron chi connectivity index (χ4n) is 2.51. The Morgan fingerprint density at radius 2 is 2.03 bits per heavy atom. The molecule has 1 atom stereocenters. The molecule has 3 aromatic rings. The van der Waals surface area contributed by atoms with E-state index in [2.05, 4.69) is 20.0 Å². The fraction of sp³-hybridized carbons (Fsp3) is 0.211. The number of anilines is 1. The molecule has 3 rings (SSSR count). The molecule has 1 N–H and O–H groups in total. The summed E-state index contributed by atoms with van der Waals surface area (Å²) in [6.45, 7) is 1.31. The van der Waals surface area contributed by atoms with E-state index in [-0.39, 0.29) is 22.5 Å². The minimum absolute atomic E-state index is 0.164. The summed E-state index contributed by atoms with van der Waals surface area (Å²) in [5.41, 5.74) is 0.0599. The van der Waals surface area contributed by atoms with Crippen LogP contribution in [-0.2, 0) is 20.9 Å².